The first-order valence-electron chi connectivity index (χ1n) is 11.9. The molecule has 194 valence electrons. The monoisotopic (exact) mass is 548 g/mol. The maximum atomic E-state index is 13.1. The van der Waals surface area contributed by atoms with Gasteiger partial charge in [-0.15, -0.1) is 23.1 Å². The molecular formula is C28H24N2O6S2. The zero-order chi connectivity index (χ0) is 27.4. The van der Waals surface area contributed by atoms with Gasteiger partial charge in [0.05, 0.1) is 15.6 Å². The van der Waals surface area contributed by atoms with Crippen LogP contribution in [0.15, 0.2) is 58.1 Å². The van der Waals surface area contributed by atoms with Crippen molar-refractivity contribution in [2.24, 2.45) is 10.4 Å². The van der Waals surface area contributed by atoms with Gasteiger partial charge in [-0.1, -0.05) is 6.07 Å². The number of aliphatic imine (C=N–C) groups is 1. The molecule has 1 N–H and O–H groups in total. The van der Waals surface area contributed by atoms with Gasteiger partial charge in [-0.05, 0) is 69.8 Å². The van der Waals surface area contributed by atoms with E-state index >= 15 is 0 Å². The number of thiazole rings is 1. The minimum atomic E-state index is -1.04. The van der Waals surface area contributed by atoms with Crippen LogP contribution in [0.25, 0.3) is 21.0 Å². The van der Waals surface area contributed by atoms with E-state index in [-0.39, 0.29) is 18.0 Å². The van der Waals surface area contributed by atoms with Crippen LogP contribution in [0, 0.1) is 5.41 Å². The molecular weight excluding hydrogens is 524 g/mol. The number of allylic oxidation sites excluding steroid dienone is 4. The van der Waals surface area contributed by atoms with E-state index in [1.54, 1.807) is 39.8 Å². The average molecular weight is 549 g/mol. The summed E-state index contributed by atoms with van der Waals surface area (Å²) in [6.45, 7) is 6.63. The lowest BCUT2D eigenvalue weighted by atomic mass is 9.80. The number of ketones is 2. The van der Waals surface area contributed by atoms with E-state index < -0.39 is 23.4 Å². The van der Waals surface area contributed by atoms with E-state index in [4.69, 9.17) is 4.74 Å². The summed E-state index contributed by atoms with van der Waals surface area (Å²) in [6, 6.07) is 8.36. The summed E-state index contributed by atoms with van der Waals surface area (Å²) in [6.07, 6.45) is 1.41. The lowest BCUT2D eigenvalue weighted by Gasteiger charge is -2.25. The van der Waals surface area contributed by atoms with E-state index in [1.165, 1.54) is 29.2 Å². The summed E-state index contributed by atoms with van der Waals surface area (Å²) >= 11 is 2.84. The number of rotatable bonds is 6. The summed E-state index contributed by atoms with van der Waals surface area (Å²) in [5.74, 6) is -1.12. The first kappa shape index (κ1) is 26.0. The van der Waals surface area contributed by atoms with Crippen LogP contribution in [0.1, 0.15) is 39.1 Å². The molecule has 2 aromatic carbocycles. The summed E-state index contributed by atoms with van der Waals surface area (Å²) < 4.78 is 6.64. The third kappa shape index (κ3) is 4.69. The molecule has 2 heterocycles. The fourth-order valence-corrected chi connectivity index (χ4v) is 6.51. The molecule has 1 aliphatic heterocycles. The maximum Gasteiger partial charge on any atom is 0.329 e. The summed E-state index contributed by atoms with van der Waals surface area (Å²) in [5.41, 5.74) is 0.888. The summed E-state index contributed by atoms with van der Waals surface area (Å²) in [5, 5.41) is 12.3. The Balaban J connectivity index is 1.36. The molecule has 0 amide bonds. The highest BCUT2D eigenvalue weighted by atomic mass is 32.2. The zero-order valence-corrected chi connectivity index (χ0v) is 22.8. The Hall–Kier alpha value is -3.63. The second-order valence-corrected chi connectivity index (χ2v) is 12.0. The number of aromatic nitrogens is 1. The quantitative estimate of drug-likeness (QED) is 0.255. The number of carboxylic acid groups (broad SMARTS) is 1. The van der Waals surface area contributed by atoms with Crippen LogP contribution in [0.4, 0.5) is 0 Å². The zero-order valence-electron chi connectivity index (χ0n) is 21.2. The van der Waals surface area contributed by atoms with Gasteiger partial charge in [0.1, 0.15) is 15.8 Å². The highest BCUT2D eigenvalue weighted by Crippen LogP contribution is 2.36. The third-order valence-corrected chi connectivity index (χ3v) is 9.02. The number of thioether (sulfide) groups is 1. The van der Waals surface area contributed by atoms with Crippen LogP contribution in [0.3, 0.4) is 0 Å². The molecule has 0 fully saturated rings. The van der Waals surface area contributed by atoms with Crippen LogP contribution in [-0.4, -0.2) is 50.4 Å². The van der Waals surface area contributed by atoms with E-state index in [9.17, 15) is 24.3 Å². The Morgan fingerprint density at radius 1 is 1.13 bits per heavy atom. The second-order valence-electron chi connectivity index (χ2n) is 9.98. The number of carboxylic acids is 1. The number of Topliss-reactive ketones (excluding diaryl/α,β-unsaturated/α-hetero) is 1. The van der Waals surface area contributed by atoms with Crippen LogP contribution >= 0.6 is 23.1 Å². The van der Waals surface area contributed by atoms with Gasteiger partial charge in [-0.2, -0.15) is 0 Å². The Labute approximate surface area is 226 Å². The van der Waals surface area contributed by atoms with Crippen molar-refractivity contribution in [2.45, 2.75) is 40.2 Å². The number of aliphatic carboxylic acids is 1. The first-order chi connectivity index (χ1) is 17.9. The largest absolute Gasteiger partial charge is 0.480 e. The number of carbonyl (C=O) groups is 4. The molecule has 38 heavy (non-hydrogen) atoms. The number of carbonyl (C=O) groups excluding carboxylic acids is 3. The van der Waals surface area contributed by atoms with Crippen LogP contribution < -0.4 is 4.74 Å². The van der Waals surface area contributed by atoms with Crippen molar-refractivity contribution in [3.8, 4) is 5.75 Å². The van der Waals surface area contributed by atoms with Crippen molar-refractivity contribution in [1.29, 1.82) is 0 Å². The Morgan fingerprint density at radius 2 is 1.89 bits per heavy atom. The molecule has 3 aromatic rings. The Morgan fingerprint density at radius 3 is 2.61 bits per heavy atom. The van der Waals surface area contributed by atoms with Gasteiger partial charge in [0.25, 0.3) is 0 Å². The van der Waals surface area contributed by atoms with Gasteiger partial charge < -0.3 is 9.84 Å². The third-order valence-electron chi connectivity index (χ3n) is 6.73. The van der Waals surface area contributed by atoms with E-state index in [1.807, 2.05) is 18.2 Å². The van der Waals surface area contributed by atoms with Crippen molar-refractivity contribution < 1.29 is 29.0 Å². The van der Waals surface area contributed by atoms with Crippen LogP contribution in [0.2, 0.25) is 0 Å². The molecule has 10 heteroatoms. The number of benzene rings is 2. The normalized spacial score (nSPS) is 18.3. The van der Waals surface area contributed by atoms with Gasteiger partial charge in [0, 0.05) is 27.9 Å². The smallest absolute Gasteiger partial charge is 0.329 e. The molecule has 0 bridgehead atoms. The van der Waals surface area contributed by atoms with Gasteiger partial charge in [0.15, 0.2) is 17.6 Å². The topological polar surface area (TPSA) is 123 Å². The van der Waals surface area contributed by atoms with Gasteiger partial charge >= 0.3 is 11.9 Å². The Bertz CT molecular complexity index is 1660. The molecule has 1 atom stereocenters. The van der Waals surface area contributed by atoms with E-state index in [0.717, 1.165) is 21.0 Å². The molecule has 1 aromatic heterocycles. The van der Waals surface area contributed by atoms with Crippen molar-refractivity contribution >= 4 is 72.6 Å². The molecule has 0 saturated heterocycles. The maximum absolute atomic E-state index is 13.1. The number of nitrogens with zero attached hydrogens (tertiary/aromatic N) is 2. The lowest BCUT2D eigenvalue weighted by Crippen LogP contribution is -2.31. The molecule has 1 unspecified atom stereocenters. The summed E-state index contributed by atoms with van der Waals surface area (Å²) in [4.78, 5) is 58.1. The summed E-state index contributed by atoms with van der Waals surface area (Å²) in [7, 11) is 0. The molecule has 5 rings (SSSR count). The minimum Gasteiger partial charge on any atom is -0.480 e. The first-order valence-corrected chi connectivity index (χ1v) is 13.7. The molecule has 8 nitrogen and oxygen atoms in total. The Kier molecular flexibility index (Phi) is 6.56. The number of hydrogen-bond donors (Lipinski definition) is 1. The predicted octanol–water partition coefficient (Wildman–Crippen LogP) is 5.13. The van der Waals surface area contributed by atoms with E-state index in [2.05, 4.69) is 9.98 Å². The van der Waals surface area contributed by atoms with Crippen molar-refractivity contribution in [2.75, 3.05) is 5.75 Å². The highest BCUT2D eigenvalue weighted by Gasteiger charge is 2.35. The second kappa shape index (κ2) is 9.59. The SMILES string of the molecule is CC1=C(C)C(=O)C(CC(C)(C)C(=O)Oc2ccc3c(ccc4nc(C5=NC(C(=O)O)CS5)sc43)c2)=CC1=O. The molecule has 1 aliphatic carbocycles. The van der Waals surface area contributed by atoms with Gasteiger partial charge in [-0.25, -0.2) is 9.78 Å². The van der Waals surface area contributed by atoms with Crippen molar-refractivity contribution in [1.82, 2.24) is 4.98 Å². The molecule has 0 saturated carbocycles. The van der Waals surface area contributed by atoms with Crippen molar-refractivity contribution in [3.05, 3.63) is 58.1 Å². The number of hydrogen-bond acceptors (Lipinski definition) is 9. The number of ether oxygens (including phenoxy) is 1. The van der Waals surface area contributed by atoms with E-state index in [0.29, 0.717) is 38.3 Å². The van der Waals surface area contributed by atoms with Crippen LogP contribution in [-0.2, 0) is 19.2 Å². The predicted molar refractivity (Wildman–Crippen MR) is 148 cm³/mol. The van der Waals surface area contributed by atoms with Gasteiger partial charge in [0.2, 0.25) is 0 Å². The molecule has 0 spiro atoms. The molecule has 2 aliphatic rings. The number of esters is 1. The lowest BCUT2D eigenvalue weighted by molar-refractivity contribution is -0.144. The van der Waals surface area contributed by atoms with Gasteiger partial charge in [-0.3, -0.25) is 19.4 Å². The van der Waals surface area contributed by atoms with Crippen LogP contribution in [0.5, 0.6) is 5.75 Å². The van der Waals surface area contributed by atoms with Crippen molar-refractivity contribution in [3.63, 3.8) is 0 Å². The fraction of sp³-hybridized carbons (Fsp3) is 0.286. The number of fused-ring (bicyclic) bond motifs is 3. The minimum absolute atomic E-state index is 0.0868. The average Bonchev–Trinajstić information content (AvgIpc) is 3.53. The molecule has 0 radical (unpaired) electrons. The standard InChI is InChI=1S/C28H24N2O6S2/c1-13-14(2)22(32)16(10-21(13)31)11-28(3,4)27(35)36-17-6-7-18-15(9-17)5-8-19-23(18)38-25(29-19)24-30-20(12-37-24)26(33)34/h5-10,20H,11-12H2,1-4H3,(H,33,34). The highest BCUT2D eigenvalue weighted by molar-refractivity contribution is 8.15. The fourth-order valence-electron chi connectivity index (χ4n) is 4.32.